The van der Waals surface area contributed by atoms with E-state index >= 15 is 0 Å². The Morgan fingerprint density at radius 2 is 2.00 bits per heavy atom. The number of piperazine rings is 1. The Morgan fingerprint density at radius 1 is 1.28 bits per heavy atom. The first-order chi connectivity index (χ1) is 14.0. The minimum absolute atomic E-state index is 0.0880. The number of ether oxygens (including phenoxy) is 2. The van der Waals surface area contributed by atoms with E-state index in [0.29, 0.717) is 31.3 Å². The van der Waals surface area contributed by atoms with Crippen LogP contribution in [0.4, 0.5) is 4.39 Å². The summed E-state index contributed by atoms with van der Waals surface area (Å²) >= 11 is 5.95. The molecule has 3 heterocycles. The quantitative estimate of drug-likeness (QED) is 0.767. The Labute approximate surface area is 174 Å². The van der Waals surface area contributed by atoms with Crippen molar-refractivity contribution in [2.45, 2.75) is 37.4 Å². The summed E-state index contributed by atoms with van der Waals surface area (Å²) in [5, 5.41) is 3.65. The molecule has 4 atom stereocenters. The minimum Gasteiger partial charge on any atom is -0.380 e. The van der Waals surface area contributed by atoms with Crippen molar-refractivity contribution in [3.63, 3.8) is 0 Å². The van der Waals surface area contributed by atoms with Crippen molar-refractivity contribution < 1.29 is 23.5 Å². The van der Waals surface area contributed by atoms with Gasteiger partial charge in [0.25, 0.3) is 0 Å². The summed E-state index contributed by atoms with van der Waals surface area (Å²) in [6.45, 7) is 1.42. The Morgan fingerprint density at radius 3 is 2.59 bits per heavy atom. The van der Waals surface area contributed by atoms with Crippen molar-refractivity contribution >= 4 is 23.4 Å². The third-order valence-corrected chi connectivity index (χ3v) is 6.18. The third kappa shape index (κ3) is 4.12. The lowest BCUT2D eigenvalue weighted by Gasteiger charge is -2.49. The molecule has 0 spiro atoms. The Balaban J connectivity index is 1.54. The number of carbonyl (C=O) groups excluding carboxylic acids is 2. The van der Waals surface area contributed by atoms with Crippen LogP contribution in [0.2, 0.25) is 5.02 Å². The molecule has 1 N–H and O–H groups in total. The number of benzene rings is 1. The molecule has 2 amide bonds. The summed E-state index contributed by atoms with van der Waals surface area (Å²) in [7, 11) is 1.54. The van der Waals surface area contributed by atoms with Crippen LogP contribution in [-0.4, -0.2) is 79.5 Å². The maximum absolute atomic E-state index is 14.8. The fourth-order valence-corrected chi connectivity index (χ4v) is 4.33. The Kier molecular flexibility index (Phi) is 6.06. The van der Waals surface area contributed by atoms with Crippen molar-refractivity contribution in [2.75, 3.05) is 33.4 Å². The lowest BCUT2D eigenvalue weighted by molar-refractivity contribution is -0.174. The third-order valence-electron chi connectivity index (χ3n) is 5.93. The topological polar surface area (TPSA) is 71.1 Å². The summed E-state index contributed by atoms with van der Waals surface area (Å²) in [6.07, 6.45) is -2.17. The summed E-state index contributed by atoms with van der Waals surface area (Å²) in [6, 6.07) is 6.53. The van der Waals surface area contributed by atoms with Gasteiger partial charge in [-0.2, -0.15) is 0 Å². The zero-order valence-corrected chi connectivity index (χ0v) is 17.0. The molecule has 3 aliphatic heterocycles. The molecule has 3 aliphatic rings. The molecule has 1 aromatic carbocycles. The highest BCUT2D eigenvalue weighted by atomic mass is 35.5. The van der Waals surface area contributed by atoms with E-state index in [1.54, 1.807) is 17.0 Å². The number of amides is 2. The maximum atomic E-state index is 14.8. The molecule has 4 rings (SSSR count). The van der Waals surface area contributed by atoms with Crippen LogP contribution in [-0.2, 0) is 25.6 Å². The van der Waals surface area contributed by atoms with E-state index in [1.807, 2.05) is 12.1 Å². The van der Waals surface area contributed by atoms with E-state index in [0.717, 1.165) is 5.56 Å². The first kappa shape index (κ1) is 20.5. The molecular weight excluding hydrogens is 401 g/mol. The van der Waals surface area contributed by atoms with Crippen molar-refractivity contribution in [1.29, 1.82) is 0 Å². The fourth-order valence-electron chi connectivity index (χ4n) is 4.20. The largest absolute Gasteiger partial charge is 0.380 e. The monoisotopic (exact) mass is 425 g/mol. The summed E-state index contributed by atoms with van der Waals surface area (Å²) in [4.78, 5) is 29.4. The zero-order valence-electron chi connectivity index (χ0n) is 16.2. The number of hydrogen-bond donors (Lipinski definition) is 1. The maximum Gasteiger partial charge on any atom is 0.247 e. The molecular formula is C20H25ClFN3O4. The molecule has 0 saturated carbocycles. The SMILES string of the molecule is COC1CNC(N2CC(=O)N(Cc3ccc(Cl)cc3)C(C3COC3)C2=O)C(F)C1. The van der Waals surface area contributed by atoms with Crippen LogP contribution in [0.3, 0.4) is 0 Å². The van der Waals surface area contributed by atoms with Crippen LogP contribution in [0.15, 0.2) is 24.3 Å². The highest BCUT2D eigenvalue weighted by Gasteiger charge is 2.49. The van der Waals surface area contributed by atoms with E-state index in [4.69, 9.17) is 21.1 Å². The first-order valence-corrected chi connectivity index (χ1v) is 10.2. The minimum atomic E-state index is -1.30. The van der Waals surface area contributed by atoms with E-state index in [-0.39, 0.29) is 36.8 Å². The number of alkyl halides is 1. The predicted octanol–water partition coefficient (Wildman–Crippen LogP) is 1.20. The van der Waals surface area contributed by atoms with Gasteiger partial charge in [0.1, 0.15) is 24.9 Å². The number of nitrogens with zero attached hydrogens (tertiary/aromatic N) is 2. The van der Waals surface area contributed by atoms with Gasteiger partial charge in [0.2, 0.25) is 11.8 Å². The van der Waals surface area contributed by atoms with Gasteiger partial charge in [-0.05, 0) is 17.7 Å². The highest BCUT2D eigenvalue weighted by Crippen LogP contribution is 2.30. The Bertz CT molecular complexity index is 761. The summed E-state index contributed by atoms with van der Waals surface area (Å²) in [5.74, 6) is -0.517. The van der Waals surface area contributed by atoms with E-state index in [2.05, 4.69) is 5.32 Å². The number of hydrogen-bond acceptors (Lipinski definition) is 5. The standard InChI is InChI=1S/C20H25ClFN3O4/c1-28-15-6-16(22)19(23-7-15)25-9-17(26)24(8-12-2-4-14(21)5-3-12)18(20(25)27)13-10-29-11-13/h2-5,13,15-16,18-19,23H,6-11H2,1H3. The first-order valence-electron chi connectivity index (χ1n) is 9.80. The van der Waals surface area contributed by atoms with Gasteiger partial charge in [-0.25, -0.2) is 4.39 Å². The lowest BCUT2D eigenvalue weighted by atomic mass is 9.91. The number of rotatable bonds is 5. The van der Waals surface area contributed by atoms with Gasteiger partial charge < -0.3 is 19.3 Å². The van der Waals surface area contributed by atoms with Crippen LogP contribution in [0.25, 0.3) is 0 Å². The second-order valence-corrected chi connectivity index (χ2v) is 8.26. The lowest BCUT2D eigenvalue weighted by Crippen LogP contribution is -2.70. The molecule has 0 bridgehead atoms. The van der Waals surface area contributed by atoms with Crippen molar-refractivity contribution in [3.05, 3.63) is 34.9 Å². The van der Waals surface area contributed by atoms with Gasteiger partial charge in [0, 0.05) is 37.6 Å². The molecule has 29 heavy (non-hydrogen) atoms. The molecule has 0 aromatic heterocycles. The van der Waals surface area contributed by atoms with Crippen LogP contribution >= 0.6 is 11.6 Å². The molecule has 9 heteroatoms. The molecule has 3 saturated heterocycles. The van der Waals surface area contributed by atoms with Crippen LogP contribution in [0.5, 0.6) is 0 Å². The molecule has 0 aliphatic carbocycles. The predicted molar refractivity (Wildman–Crippen MR) is 104 cm³/mol. The summed E-state index contributed by atoms with van der Waals surface area (Å²) < 4.78 is 25.3. The van der Waals surface area contributed by atoms with Crippen molar-refractivity contribution in [3.8, 4) is 0 Å². The number of methoxy groups -OCH3 is 1. The number of piperidine rings is 1. The number of nitrogens with one attached hydrogen (secondary N) is 1. The van der Waals surface area contributed by atoms with Crippen molar-refractivity contribution in [2.24, 2.45) is 5.92 Å². The van der Waals surface area contributed by atoms with E-state index in [9.17, 15) is 14.0 Å². The fraction of sp³-hybridized carbons (Fsp3) is 0.600. The van der Waals surface area contributed by atoms with Gasteiger partial charge in [0.05, 0.1) is 19.3 Å². The second-order valence-electron chi connectivity index (χ2n) is 7.82. The van der Waals surface area contributed by atoms with Gasteiger partial charge in [-0.1, -0.05) is 23.7 Å². The number of carbonyl (C=O) groups is 2. The molecule has 0 radical (unpaired) electrons. The van der Waals surface area contributed by atoms with Crippen LogP contribution < -0.4 is 5.32 Å². The molecule has 158 valence electrons. The van der Waals surface area contributed by atoms with Gasteiger partial charge in [0.15, 0.2) is 0 Å². The van der Waals surface area contributed by atoms with Crippen LogP contribution in [0.1, 0.15) is 12.0 Å². The van der Waals surface area contributed by atoms with Gasteiger partial charge >= 0.3 is 0 Å². The zero-order chi connectivity index (χ0) is 20.5. The smallest absolute Gasteiger partial charge is 0.247 e. The van der Waals surface area contributed by atoms with Gasteiger partial charge in [-0.15, -0.1) is 0 Å². The average Bonchev–Trinajstić information content (AvgIpc) is 2.67. The second kappa shape index (κ2) is 8.55. The average molecular weight is 426 g/mol. The number of halogens is 2. The molecule has 3 fully saturated rings. The molecule has 7 nitrogen and oxygen atoms in total. The highest BCUT2D eigenvalue weighted by molar-refractivity contribution is 6.30. The van der Waals surface area contributed by atoms with Crippen molar-refractivity contribution in [1.82, 2.24) is 15.1 Å². The Hall–Kier alpha value is -1.74. The van der Waals surface area contributed by atoms with E-state index < -0.39 is 18.4 Å². The molecule has 4 unspecified atom stereocenters. The van der Waals surface area contributed by atoms with Crippen LogP contribution in [0, 0.1) is 5.92 Å². The molecule has 1 aromatic rings. The van der Waals surface area contributed by atoms with Gasteiger partial charge in [-0.3, -0.25) is 14.9 Å². The summed E-state index contributed by atoms with van der Waals surface area (Å²) in [5.41, 5.74) is 0.885. The van der Waals surface area contributed by atoms with E-state index in [1.165, 1.54) is 12.0 Å². The normalized spacial score (nSPS) is 31.1.